The number of pyridine rings is 1. The van der Waals surface area contributed by atoms with Gasteiger partial charge in [0.05, 0.1) is 5.56 Å². The average Bonchev–Trinajstić information content (AvgIpc) is 3.09. The number of nitrogens with zero attached hydrogens (tertiary/aromatic N) is 2. The molecule has 86 valence electrons. The molecule has 0 saturated heterocycles. The number of carbonyl (C=O) groups is 1. The van der Waals surface area contributed by atoms with Crippen LogP contribution in [0.3, 0.4) is 0 Å². The smallest absolute Gasteiger partial charge is 0.163 e. The van der Waals surface area contributed by atoms with Crippen LogP contribution in [0.1, 0.15) is 37.0 Å². The van der Waals surface area contributed by atoms with Gasteiger partial charge in [-0.3, -0.25) is 4.79 Å². The van der Waals surface area contributed by atoms with Crippen LogP contribution in [0.5, 0.6) is 0 Å². The molecule has 0 amide bonds. The Labute approximate surface area is 96.5 Å². The molecule has 1 fully saturated rings. The summed E-state index contributed by atoms with van der Waals surface area (Å²) < 4.78 is 0. The first-order chi connectivity index (χ1) is 7.72. The van der Waals surface area contributed by atoms with Gasteiger partial charge in [0, 0.05) is 19.3 Å². The number of carbonyl (C=O) groups excluding carboxylic acids is 1. The Bertz CT molecular complexity index is 385. The van der Waals surface area contributed by atoms with Crippen LogP contribution in [0.15, 0.2) is 18.3 Å². The van der Waals surface area contributed by atoms with Gasteiger partial charge in [-0.2, -0.15) is 0 Å². The zero-order valence-corrected chi connectivity index (χ0v) is 9.94. The zero-order chi connectivity index (χ0) is 11.5. The Morgan fingerprint density at radius 2 is 2.31 bits per heavy atom. The van der Waals surface area contributed by atoms with Crippen molar-refractivity contribution >= 4 is 11.6 Å². The van der Waals surface area contributed by atoms with E-state index in [1.807, 2.05) is 12.1 Å². The van der Waals surface area contributed by atoms with Crippen LogP contribution in [0, 0.1) is 5.92 Å². The molecule has 0 aliphatic heterocycles. The van der Waals surface area contributed by atoms with Crippen molar-refractivity contribution in [2.75, 3.05) is 18.0 Å². The zero-order valence-electron chi connectivity index (χ0n) is 9.94. The van der Waals surface area contributed by atoms with Gasteiger partial charge in [0.2, 0.25) is 0 Å². The summed E-state index contributed by atoms with van der Waals surface area (Å²) in [5, 5.41) is 0. The molecule has 1 aliphatic carbocycles. The van der Waals surface area contributed by atoms with Crippen molar-refractivity contribution in [2.24, 2.45) is 5.92 Å². The number of anilines is 1. The quantitative estimate of drug-likeness (QED) is 0.712. The molecular formula is C13H18N2O. The second-order valence-corrected chi connectivity index (χ2v) is 4.41. The highest BCUT2D eigenvalue weighted by Gasteiger charge is 2.25. The molecule has 1 aromatic rings. The molecule has 0 radical (unpaired) electrons. The minimum Gasteiger partial charge on any atom is -0.356 e. The first kappa shape index (κ1) is 11.1. The summed E-state index contributed by atoms with van der Waals surface area (Å²) in [6.45, 7) is 5.66. The molecule has 1 saturated carbocycles. The van der Waals surface area contributed by atoms with Crippen molar-refractivity contribution in [3.8, 4) is 0 Å². The van der Waals surface area contributed by atoms with Gasteiger partial charge in [0.1, 0.15) is 5.82 Å². The fourth-order valence-electron chi connectivity index (χ4n) is 1.90. The molecule has 0 spiro atoms. The third-order valence-electron chi connectivity index (χ3n) is 3.02. The van der Waals surface area contributed by atoms with E-state index in [0.29, 0.717) is 0 Å². The van der Waals surface area contributed by atoms with Gasteiger partial charge < -0.3 is 4.90 Å². The molecular weight excluding hydrogens is 200 g/mol. The van der Waals surface area contributed by atoms with Crippen LogP contribution in [0.2, 0.25) is 0 Å². The van der Waals surface area contributed by atoms with E-state index in [-0.39, 0.29) is 5.78 Å². The van der Waals surface area contributed by atoms with E-state index in [9.17, 15) is 4.79 Å². The van der Waals surface area contributed by atoms with Crippen molar-refractivity contribution in [1.82, 2.24) is 4.98 Å². The monoisotopic (exact) mass is 218 g/mol. The average molecular weight is 218 g/mol. The maximum Gasteiger partial charge on any atom is 0.163 e. The number of aromatic nitrogens is 1. The lowest BCUT2D eigenvalue weighted by atomic mass is 10.1. The number of Topliss-reactive ketones (excluding diaryl/α,β-unsaturated/α-hetero) is 1. The molecule has 3 heteroatoms. The molecule has 1 aliphatic rings. The summed E-state index contributed by atoms with van der Waals surface area (Å²) in [5.41, 5.74) is 0.741. The second-order valence-electron chi connectivity index (χ2n) is 4.41. The largest absolute Gasteiger partial charge is 0.356 e. The lowest BCUT2D eigenvalue weighted by Gasteiger charge is -2.23. The van der Waals surface area contributed by atoms with Crippen LogP contribution in [-0.2, 0) is 0 Å². The molecule has 0 atom stereocenters. The minimum atomic E-state index is 0.0948. The van der Waals surface area contributed by atoms with Crippen molar-refractivity contribution in [3.05, 3.63) is 23.9 Å². The van der Waals surface area contributed by atoms with Gasteiger partial charge in [-0.25, -0.2) is 4.98 Å². The number of ketones is 1. The van der Waals surface area contributed by atoms with E-state index in [2.05, 4.69) is 16.8 Å². The third kappa shape index (κ3) is 2.40. The van der Waals surface area contributed by atoms with E-state index in [1.165, 1.54) is 12.8 Å². The molecule has 0 N–H and O–H groups in total. The number of hydrogen-bond donors (Lipinski definition) is 0. The Morgan fingerprint density at radius 3 is 2.88 bits per heavy atom. The molecule has 1 heterocycles. The molecule has 2 rings (SSSR count). The summed E-state index contributed by atoms with van der Waals surface area (Å²) in [6, 6.07) is 3.69. The SMILES string of the molecule is CCN(CC1CC1)c1ncccc1C(C)=O. The Balaban J connectivity index is 2.24. The van der Waals surface area contributed by atoms with E-state index in [4.69, 9.17) is 0 Å². The van der Waals surface area contributed by atoms with Gasteiger partial charge in [0.15, 0.2) is 5.78 Å². The van der Waals surface area contributed by atoms with E-state index >= 15 is 0 Å². The fraction of sp³-hybridized carbons (Fsp3) is 0.538. The van der Waals surface area contributed by atoms with Crippen molar-refractivity contribution in [1.29, 1.82) is 0 Å². The predicted octanol–water partition coefficient (Wildman–Crippen LogP) is 2.52. The van der Waals surface area contributed by atoms with Crippen LogP contribution in [0.25, 0.3) is 0 Å². The molecule has 3 nitrogen and oxygen atoms in total. The van der Waals surface area contributed by atoms with Crippen molar-refractivity contribution in [2.45, 2.75) is 26.7 Å². The van der Waals surface area contributed by atoms with Crippen LogP contribution in [0.4, 0.5) is 5.82 Å². The topological polar surface area (TPSA) is 33.2 Å². The molecule has 1 aromatic heterocycles. The van der Waals surface area contributed by atoms with E-state index < -0.39 is 0 Å². The van der Waals surface area contributed by atoms with Gasteiger partial charge in [-0.1, -0.05) is 0 Å². The summed E-state index contributed by atoms with van der Waals surface area (Å²) in [4.78, 5) is 18.1. The van der Waals surface area contributed by atoms with Gasteiger partial charge in [-0.05, 0) is 44.7 Å². The highest BCUT2D eigenvalue weighted by molar-refractivity contribution is 5.98. The fourth-order valence-corrected chi connectivity index (χ4v) is 1.90. The van der Waals surface area contributed by atoms with Crippen molar-refractivity contribution in [3.63, 3.8) is 0 Å². The summed E-state index contributed by atoms with van der Waals surface area (Å²) in [6.07, 6.45) is 4.40. The van der Waals surface area contributed by atoms with E-state index in [1.54, 1.807) is 13.1 Å². The van der Waals surface area contributed by atoms with Gasteiger partial charge in [-0.15, -0.1) is 0 Å². The normalized spacial score (nSPS) is 14.9. The van der Waals surface area contributed by atoms with Crippen molar-refractivity contribution < 1.29 is 4.79 Å². The number of hydrogen-bond acceptors (Lipinski definition) is 3. The summed E-state index contributed by atoms with van der Waals surface area (Å²) in [7, 11) is 0. The molecule has 0 unspecified atom stereocenters. The lowest BCUT2D eigenvalue weighted by Crippen LogP contribution is -2.27. The van der Waals surface area contributed by atoms with Crippen LogP contribution >= 0.6 is 0 Å². The Morgan fingerprint density at radius 1 is 1.56 bits per heavy atom. The van der Waals surface area contributed by atoms with E-state index in [0.717, 1.165) is 30.4 Å². The highest BCUT2D eigenvalue weighted by Crippen LogP contribution is 2.31. The highest BCUT2D eigenvalue weighted by atomic mass is 16.1. The Hall–Kier alpha value is -1.38. The summed E-state index contributed by atoms with van der Waals surface area (Å²) >= 11 is 0. The van der Waals surface area contributed by atoms with Gasteiger partial charge in [0.25, 0.3) is 0 Å². The lowest BCUT2D eigenvalue weighted by molar-refractivity contribution is 0.101. The number of rotatable bonds is 5. The first-order valence-corrected chi connectivity index (χ1v) is 5.93. The standard InChI is InChI=1S/C13H18N2O/c1-3-15(9-11-6-7-11)13-12(10(2)16)5-4-8-14-13/h4-5,8,11H,3,6-7,9H2,1-2H3. The Kier molecular flexibility index (Phi) is 3.22. The minimum absolute atomic E-state index is 0.0948. The molecule has 16 heavy (non-hydrogen) atoms. The second kappa shape index (κ2) is 4.64. The molecule has 0 aromatic carbocycles. The maximum atomic E-state index is 11.5. The molecule has 0 bridgehead atoms. The third-order valence-corrected chi connectivity index (χ3v) is 3.02. The maximum absolute atomic E-state index is 11.5. The predicted molar refractivity (Wildman–Crippen MR) is 64.9 cm³/mol. The summed E-state index contributed by atoms with van der Waals surface area (Å²) in [5.74, 6) is 1.75. The van der Waals surface area contributed by atoms with Crippen LogP contribution < -0.4 is 4.90 Å². The first-order valence-electron chi connectivity index (χ1n) is 5.93. The van der Waals surface area contributed by atoms with Crippen LogP contribution in [-0.4, -0.2) is 23.9 Å². The van der Waals surface area contributed by atoms with Gasteiger partial charge >= 0.3 is 0 Å².